The molecule has 0 aromatic carbocycles. The van der Waals surface area contributed by atoms with Crippen molar-refractivity contribution < 1.29 is 8.78 Å². The largest absolute Gasteiger partial charge is 0.280 e. The van der Waals surface area contributed by atoms with Gasteiger partial charge in [0.05, 0.1) is 5.69 Å². The number of nitrogens with zero attached hydrogens (tertiary/aromatic N) is 2. The molecular weight excluding hydrogens is 218 g/mol. The molecule has 0 aliphatic carbocycles. The van der Waals surface area contributed by atoms with E-state index in [2.05, 4.69) is 21.0 Å². The Labute approximate surface area is 71.3 Å². The smallest absolute Gasteiger partial charge is 0.267 e. The van der Waals surface area contributed by atoms with E-state index < -0.39 is 6.43 Å². The van der Waals surface area contributed by atoms with E-state index in [1.807, 2.05) is 0 Å². The molecule has 0 unspecified atom stereocenters. The summed E-state index contributed by atoms with van der Waals surface area (Å²) in [5.41, 5.74) is 0.585. The molecule has 1 heterocycles. The van der Waals surface area contributed by atoms with Crippen LogP contribution in [0.15, 0.2) is 6.07 Å². The van der Waals surface area contributed by atoms with Crippen molar-refractivity contribution in [3.05, 3.63) is 17.5 Å². The van der Waals surface area contributed by atoms with Gasteiger partial charge in [-0.05, 0) is 6.07 Å². The molecule has 62 valence electrons. The number of hydrogen-bond acceptors (Lipinski definition) is 1. The Bertz CT molecular complexity index is 247. The SMILES string of the molecule is Cn1nc(CBr)cc1C(F)F. The van der Waals surface area contributed by atoms with E-state index in [-0.39, 0.29) is 5.69 Å². The fourth-order valence-corrected chi connectivity index (χ4v) is 1.09. The third-order valence-electron chi connectivity index (χ3n) is 1.33. The third kappa shape index (κ3) is 1.77. The van der Waals surface area contributed by atoms with Crippen molar-refractivity contribution in [1.29, 1.82) is 0 Å². The van der Waals surface area contributed by atoms with Gasteiger partial charge >= 0.3 is 0 Å². The molecule has 0 amide bonds. The van der Waals surface area contributed by atoms with Crippen LogP contribution in [0, 0.1) is 0 Å². The van der Waals surface area contributed by atoms with E-state index in [9.17, 15) is 8.78 Å². The van der Waals surface area contributed by atoms with Gasteiger partial charge < -0.3 is 0 Å². The van der Waals surface area contributed by atoms with Gasteiger partial charge in [0.25, 0.3) is 6.43 Å². The molecule has 0 N–H and O–H groups in total. The molecule has 0 radical (unpaired) electrons. The van der Waals surface area contributed by atoms with E-state index in [1.54, 1.807) is 0 Å². The Morgan fingerprint density at radius 2 is 2.36 bits per heavy atom. The van der Waals surface area contributed by atoms with Crippen molar-refractivity contribution in [1.82, 2.24) is 9.78 Å². The Balaban J connectivity index is 2.97. The number of rotatable bonds is 2. The van der Waals surface area contributed by atoms with Gasteiger partial charge in [-0.1, -0.05) is 15.9 Å². The first-order chi connectivity index (χ1) is 5.15. The van der Waals surface area contributed by atoms with Crippen molar-refractivity contribution >= 4 is 15.9 Å². The lowest BCUT2D eigenvalue weighted by Gasteiger charge is -1.96. The molecule has 0 aliphatic heterocycles. The molecule has 0 atom stereocenters. The van der Waals surface area contributed by atoms with E-state index in [0.29, 0.717) is 11.0 Å². The molecule has 1 rings (SSSR count). The third-order valence-corrected chi connectivity index (χ3v) is 1.90. The highest BCUT2D eigenvalue weighted by Gasteiger charge is 2.13. The van der Waals surface area contributed by atoms with Gasteiger partial charge in [-0.3, -0.25) is 4.68 Å². The average molecular weight is 225 g/mol. The normalized spacial score (nSPS) is 11.0. The number of aryl methyl sites for hydroxylation is 1. The first kappa shape index (κ1) is 8.64. The van der Waals surface area contributed by atoms with Crippen LogP contribution in [0.1, 0.15) is 17.8 Å². The van der Waals surface area contributed by atoms with Gasteiger partial charge in [-0.25, -0.2) is 8.78 Å². The fraction of sp³-hybridized carbons (Fsp3) is 0.500. The predicted octanol–water partition coefficient (Wildman–Crippen LogP) is 2.25. The minimum atomic E-state index is -2.44. The first-order valence-electron chi connectivity index (χ1n) is 3.02. The van der Waals surface area contributed by atoms with Gasteiger partial charge in [-0.2, -0.15) is 5.10 Å². The molecule has 5 heteroatoms. The quantitative estimate of drug-likeness (QED) is 0.705. The fourth-order valence-electron chi connectivity index (χ4n) is 0.813. The molecule has 0 saturated carbocycles. The second-order valence-electron chi connectivity index (χ2n) is 2.12. The summed E-state index contributed by atoms with van der Waals surface area (Å²) in [6.45, 7) is 0. The van der Waals surface area contributed by atoms with Crippen LogP contribution in [-0.4, -0.2) is 9.78 Å². The maximum absolute atomic E-state index is 12.1. The van der Waals surface area contributed by atoms with Gasteiger partial charge in [0.2, 0.25) is 0 Å². The molecule has 0 spiro atoms. The standard InChI is InChI=1S/C6H7BrF2N2/c1-11-5(6(8)9)2-4(3-7)10-11/h2,6H,3H2,1H3. The second kappa shape index (κ2) is 3.30. The molecule has 0 bridgehead atoms. The van der Waals surface area contributed by atoms with Crippen LogP contribution < -0.4 is 0 Å². The van der Waals surface area contributed by atoms with E-state index in [4.69, 9.17) is 0 Å². The van der Waals surface area contributed by atoms with Crippen LogP contribution in [0.25, 0.3) is 0 Å². The van der Waals surface area contributed by atoms with E-state index in [1.165, 1.54) is 17.8 Å². The van der Waals surface area contributed by atoms with Gasteiger partial charge in [-0.15, -0.1) is 0 Å². The highest BCUT2D eigenvalue weighted by Crippen LogP contribution is 2.19. The van der Waals surface area contributed by atoms with Crippen molar-refractivity contribution in [3.8, 4) is 0 Å². The Hall–Kier alpha value is -0.450. The molecule has 0 saturated heterocycles. The van der Waals surface area contributed by atoms with Crippen LogP contribution in [0.2, 0.25) is 0 Å². The highest BCUT2D eigenvalue weighted by molar-refractivity contribution is 9.08. The lowest BCUT2D eigenvalue weighted by molar-refractivity contribution is 0.141. The number of aromatic nitrogens is 2. The lowest BCUT2D eigenvalue weighted by Crippen LogP contribution is -1.97. The topological polar surface area (TPSA) is 17.8 Å². The zero-order valence-corrected chi connectivity index (χ0v) is 7.48. The van der Waals surface area contributed by atoms with Crippen molar-refractivity contribution in [3.63, 3.8) is 0 Å². The monoisotopic (exact) mass is 224 g/mol. The predicted molar refractivity (Wildman–Crippen MR) is 40.8 cm³/mol. The molecule has 0 fully saturated rings. The second-order valence-corrected chi connectivity index (χ2v) is 2.68. The van der Waals surface area contributed by atoms with Gasteiger partial charge in [0, 0.05) is 12.4 Å². The summed E-state index contributed by atoms with van der Waals surface area (Å²) in [5, 5.41) is 4.35. The maximum Gasteiger partial charge on any atom is 0.280 e. The summed E-state index contributed by atoms with van der Waals surface area (Å²) in [4.78, 5) is 0. The number of halogens is 3. The molecule has 2 nitrogen and oxygen atoms in total. The van der Waals surface area contributed by atoms with Crippen LogP contribution in [-0.2, 0) is 12.4 Å². The Morgan fingerprint density at radius 3 is 2.64 bits per heavy atom. The summed E-state index contributed by atoms with van der Waals surface area (Å²) in [7, 11) is 1.51. The number of hydrogen-bond donors (Lipinski definition) is 0. The van der Waals surface area contributed by atoms with Crippen molar-refractivity contribution in [2.24, 2.45) is 7.05 Å². The summed E-state index contributed by atoms with van der Waals surface area (Å²) >= 11 is 3.13. The van der Waals surface area contributed by atoms with Crippen molar-refractivity contribution in [2.75, 3.05) is 0 Å². The average Bonchev–Trinajstić information content (AvgIpc) is 2.30. The molecule has 0 aliphatic rings. The molecule has 1 aromatic rings. The molecule has 11 heavy (non-hydrogen) atoms. The summed E-state index contributed by atoms with van der Waals surface area (Å²) < 4.78 is 25.4. The van der Waals surface area contributed by atoms with Crippen LogP contribution in [0.5, 0.6) is 0 Å². The summed E-state index contributed by atoms with van der Waals surface area (Å²) in [5.74, 6) is 0. The van der Waals surface area contributed by atoms with Gasteiger partial charge in [0.1, 0.15) is 5.69 Å². The first-order valence-corrected chi connectivity index (χ1v) is 4.14. The Kier molecular flexibility index (Phi) is 2.59. The molecule has 1 aromatic heterocycles. The van der Waals surface area contributed by atoms with Crippen LogP contribution >= 0.6 is 15.9 Å². The number of alkyl halides is 3. The van der Waals surface area contributed by atoms with Gasteiger partial charge in [0.15, 0.2) is 0 Å². The minimum absolute atomic E-state index is 0.0422. The van der Waals surface area contributed by atoms with Crippen molar-refractivity contribution in [2.45, 2.75) is 11.8 Å². The van der Waals surface area contributed by atoms with E-state index >= 15 is 0 Å². The Morgan fingerprint density at radius 1 is 1.73 bits per heavy atom. The maximum atomic E-state index is 12.1. The summed E-state index contributed by atoms with van der Waals surface area (Å²) in [6.07, 6.45) is -2.44. The van der Waals surface area contributed by atoms with Crippen LogP contribution in [0.3, 0.4) is 0 Å². The molecular formula is C6H7BrF2N2. The zero-order valence-electron chi connectivity index (χ0n) is 5.89. The van der Waals surface area contributed by atoms with E-state index in [0.717, 1.165) is 0 Å². The highest BCUT2D eigenvalue weighted by atomic mass is 79.9. The summed E-state index contributed by atoms with van der Waals surface area (Å²) in [6, 6.07) is 1.39. The van der Waals surface area contributed by atoms with Crippen LogP contribution in [0.4, 0.5) is 8.78 Å². The lowest BCUT2D eigenvalue weighted by atomic mass is 10.4. The zero-order chi connectivity index (χ0) is 8.43. The minimum Gasteiger partial charge on any atom is -0.267 e.